The zero-order chi connectivity index (χ0) is 15.3. The minimum atomic E-state index is 0.0452. The Kier molecular flexibility index (Phi) is 5.61. The Balaban J connectivity index is 2.90. The van der Waals surface area contributed by atoms with Gasteiger partial charge < -0.3 is 9.80 Å². The highest BCUT2D eigenvalue weighted by atomic mass is 15.3. The van der Waals surface area contributed by atoms with E-state index in [9.17, 15) is 0 Å². The summed E-state index contributed by atoms with van der Waals surface area (Å²) in [7, 11) is 8.12. The Bertz CT molecular complexity index is 432. The molecule has 1 aromatic rings. The van der Waals surface area contributed by atoms with Gasteiger partial charge in [0.1, 0.15) is 0 Å². The lowest BCUT2D eigenvalue weighted by molar-refractivity contribution is 0.464. The smallest absolute Gasteiger partial charge is 0.195 e. The van der Waals surface area contributed by atoms with Gasteiger partial charge in [-0.15, -0.1) is 0 Å². The third-order valence-electron chi connectivity index (χ3n) is 3.56. The first-order valence-corrected chi connectivity index (χ1v) is 7.26. The van der Waals surface area contributed by atoms with Crippen LogP contribution < -0.4 is 0 Å². The van der Waals surface area contributed by atoms with Crippen molar-refractivity contribution in [3.63, 3.8) is 0 Å². The van der Waals surface area contributed by atoms with Crippen molar-refractivity contribution in [3.05, 3.63) is 35.4 Å². The standard InChI is InChI=1S/C17H29N3/c1-8-14-9-11-15(12-10-14)17(2,3)13-18-16(19(4)5)20(6)7/h9-12H,8,13H2,1-7H3. The van der Waals surface area contributed by atoms with Gasteiger partial charge in [-0.3, -0.25) is 4.99 Å². The lowest BCUT2D eigenvalue weighted by Crippen LogP contribution is -2.36. The SMILES string of the molecule is CCc1ccc(C(C)(C)CN=C(N(C)C)N(C)C)cc1. The maximum atomic E-state index is 4.78. The van der Waals surface area contributed by atoms with Crippen LogP contribution in [0.4, 0.5) is 0 Å². The first-order chi connectivity index (χ1) is 9.27. The average Bonchev–Trinajstić information content (AvgIpc) is 2.38. The van der Waals surface area contributed by atoms with Crippen LogP contribution in [0.5, 0.6) is 0 Å². The van der Waals surface area contributed by atoms with Crippen molar-refractivity contribution in [2.24, 2.45) is 4.99 Å². The van der Waals surface area contributed by atoms with Crippen molar-refractivity contribution in [3.8, 4) is 0 Å². The van der Waals surface area contributed by atoms with Crippen molar-refractivity contribution in [1.29, 1.82) is 0 Å². The van der Waals surface area contributed by atoms with Crippen LogP contribution in [0, 0.1) is 0 Å². The van der Waals surface area contributed by atoms with Crippen molar-refractivity contribution < 1.29 is 0 Å². The molecule has 0 N–H and O–H groups in total. The van der Waals surface area contributed by atoms with E-state index in [1.165, 1.54) is 11.1 Å². The normalized spacial score (nSPS) is 11.2. The van der Waals surface area contributed by atoms with Crippen LogP contribution >= 0.6 is 0 Å². The van der Waals surface area contributed by atoms with E-state index < -0.39 is 0 Å². The van der Waals surface area contributed by atoms with Crippen molar-refractivity contribution >= 4 is 5.96 Å². The molecule has 0 heterocycles. The largest absolute Gasteiger partial charge is 0.349 e. The van der Waals surface area contributed by atoms with Gasteiger partial charge in [-0.25, -0.2) is 0 Å². The predicted octanol–water partition coefficient (Wildman–Crippen LogP) is 3.01. The Morgan fingerprint density at radius 2 is 1.50 bits per heavy atom. The molecule has 0 fully saturated rings. The van der Waals surface area contributed by atoms with Gasteiger partial charge in [0, 0.05) is 33.6 Å². The topological polar surface area (TPSA) is 18.8 Å². The predicted molar refractivity (Wildman–Crippen MR) is 88.5 cm³/mol. The molecule has 0 unspecified atom stereocenters. The molecule has 112 valence electrons. The molecule has 1 rings (SSSR count). The molecule has 0 amide bonds. The van der Waals surface area contributed by atoms with Crippen LogP contribution in [-0.4, -0.2) is 50.5 Å². The van der Waals surface area contributed by atoms with Crippen LogP contribution in [0.2, 0.25) is 0 Å². The minimum absolute atomic E-state index is 0.0452. The van der Waals surface area contributed by atoms with Crippen LogP contribution in [-0.2, 0) is 11.8 Å². The Labute approximate surface area is 124 Å². The van der Waals surface area contributed by atoms with Crippen molar-refractivity contribution in [2.75, 3.05) is 34.7 Å². The summed E-state index contributed by atoms with van der Waals surface area (Å²) in [6.07, 6.45) is 1.09. The highest BCUT2D eigenvalue weighted by Crippen LogP contribution is 2.24. The molecule has 0 radical (unpaired) electrons. The molecule has 3 heteroatoms. The van der Waals surface area contributed by atoms with Gasteiger partial charge in [0.2, 0.25) is 0 Å². The van der Waals surface area contributed by atoms with Crippen LogP contribution in [0.3, 0.4) is 0 Å². The quantitative estimate of drug-likeness (QED) is 0.621. The van der Waals surface area contributed by atoms with Gasteiger partial charge in [-0.1, -0.05) is 45.0 Å². The summed E-state index contributed by atoms with van der Waals surface area (Å²) in [6, 6.07) is 8.91. The maximum Gasteiger partial charge on any atom is 0.195 e. The van der Waals surface area contributed by atoms with E-state index in [1.807, 2.05) is 28.2 Å². The Morgan fingerprint density at radius 3 is 1.90 bits per heavy atom. The number of hydrogen-bond acceptors (Lipinski definition) is 1. The molecule has 0 bridgehead atoms. The molecule has 0 aromatic heterocycles. The molecule has 0 atom stereocenters. The molecule has 0 saturated heterocycles. The fourth-order valence-corrected chi connectivity index (χ4v) is 2.23. The molecule has 0 spiro atoms. The van der Waals surface area contributed by atoms with E-state index in [-0.39, 0.29) is 5.41 Å². The highest BCUT2D eigenvalue weighted by Gasteiger charge is 2.20. The number of aliphatic imine (C=N–C) groups is 1. The molecule has 20 heavy (non-hydrogen) atoms. The van der Waals surface area contributed by atoms with Crippen LogP contribution in [0.1, 0.15) is 31.9 Å². The average molecular weight is 275 g/mol. The minimum Gasteiger partial charge on any atom is -0.349 e. The highest BCUT2D eigenvalue weighted by molar-refractivity contribution is 5.79. The Hall–Kier alpha value is -1.51. The summed E-state index contributed by atoms with van der Waals surface area (Å²) in [5, 5.41) is 0. The number of hydrogen-bond donors (Lipinski definition) is 0. The maximum absolute atomic E-state index is 4.78. The third-order valence-corrected chi connectivity index (χ3v) is 3.56. The van der Waals surface area contributed by atoms with E-state index in [0.29, 0.717) is 0 Å². The second-order valence-electron chi connectivity index (χ2n) is 6.34. The van der Waals surface area contributed by atoms with Crippen LogP contribution in [0.15, 0.2) is 29.3 Å². The monoisotopic (exact) mass is 275 g/mol. The zero-order valence-corrected chi connectivity index (χ0v) is 14.1. The van der Waals surface area contributed by atoms with E-state index in [1.54, 1.807) is 0 Å². The lowest BCUT2D eigenvalue weighted by Gasteiger charge is -2.27. The van der Waals surface area contributed by atoms with Gasteiger partial charge in [0.25, 0.3) is 0 Å². The molecule has 1 aromatic carbocycles. The molecule has 0 saturated carbocycles. The van der Waals surface area contributed by atoms with Gasteiger partial charge >= 0.3 is 0 Å². The second kappa shape index (κ2) is 6.78. The van der Waals surface area contributed by atoms with Gasteiger partial charge in [-0.2, -0.15) is 0 Å². The number of benzene rings is 1. The molecular weight excluding hydrogens is 246 g/mol. The third kappa shape index (κ3) is 4.26. The van der Waals surface area contributed by atoms with Crippen molar-refractivity contribution in [2.45, 2.75) is 32.6 Å². The van der Waals surface area contributed by atoms with Gasteiger partial charge in [0.05, 0.1) is 6.54 Å². The number of rotatable bonds is 4. The molecular formula is C17H29N3. The first kappa shape index (κ1) is 16.5. The fraction of sp³-hybridized carbons (Fsp3) is 0.588. The first-order valence-electron chi connectivity index (χ1n) is 7.26. The fourth-order valence-electron chi connectivity index (χ4n) is 2.23. The summed E-state index contributed by atoms with van der Waals surface area (Å²) in [5.74, 6) is 1.00. The molecule has 0 aliphatic rings. The van der Waals surface area contributed by atoms with E-state index in [4.69, 9.17) is 4.99 Å². The summed E-state index contributed by atoms with van der Waals surface area (Å²) in [6.45, 7) is 7.47. The Morgan fingerprint density at radius 1 is 1.00 bits per heavy atom. The zero-order valence-electron chi connectivity index (χ0n) is 14.1. The van der Waals surface area contributed by atoms with E-state index >= 15 is 0 Å². The van der Waals surface area contributed by atoms with Gasteiger partial charge in [0.15, 0.2) is 5.96 Å². The number of nitrogens with zero attached hydrogens (tertiary/aromatic N) is 3. The summed E-state index contributed by atoms with van der Waals surface area (Å²) in [4.78, 5) is 8.89. The lowest BCUT2D eigenvalue weighted by atomic mass is 9.84. The summed E-state index contributed by atoms with van der Waals surface area (Å²) < 4.78 is 0. The molecule has 0 aliphatic heterocycles. The number of aryl methyl sites for hydroxylation is 1. The second-order valence-corrected chi connectivity index (χ2v) is 6.34. The van der Waals surface area contributed by atoms with Gasteiger partial charge in [-0.05, 0) is 17.5 Å². The van der Waals surface area contributed by atoms with E-state index in [0.717, 1.165) is 18.9 Å². The number of guanidine groups is 1. The molecule has 0 aliphatic carbocycles. The summed E-state index contributed by atoms with van der Waals surface area (Å²) >= 11 is 0. The molecule has 3 nitrogen and oxygen atoms in total. The summed E-state index contributed by atoms with van der Waals surface area (Å²) in [5.41, 5.74) is 2.77. The van der Waals surface area contributed by atoms with Crippen LogP contribution in [0.25, 0.3) is 0 Å². The van der Waals surface area contributed by atoms with Crippen molar-refractivity contribution in [1.82, 2.24) is 9.80 Å². The van der Waals surface area contributed by atoms with E-state index in [2.05, 4.69) is 54.8 Å².